The number of pyridine rings is 1. The molecule has 278 valence electrons. The third-order valence-corrected chi connectivity index (χ3v) is 13.3. The SMILES string of the molecule is C[C@@H](COc1ccnc2c1[C@H](C)CCC2)C[C@H]1Cc2cc3c(cc2C12CCC(Nc1cccc(Cl)c1)(C(=O)O)CC2)OCC(CN1CCCC1)CO3. The molecule has 8 nitrogen and oxygen atoms in total. The van der Waals surface area contributed by atoms with E-state index in [1.165, 1.54) is 61.2 Å². The highest BCUT2D eigenvalue weighted by atomic mass is 35.5. The Kier molecular flexibility index (Phi) is 10.1. The highest BCUT2D eigenvalue weighted by molar-refractivity contribution is 6.30. The van der Waals surface area contributed by atoms with E-state index in [9.17, 15) is 9.90 Å². The number of carbonyl (C=O) groups is 1. The first kappa shape index (κ1) is 35.5. The maximum absolute atomic E-state index is 13.0. The number of likely N-dealkylation sites (tertiary alicyclic amines) is 1. The molecular formula is C43H54ClN3O5. The maximum atomic E-state index is 13.0. The molecule has 1 saturated heterocycles. The molecule has 5 aliphatic rings. The third kappa shape index (κ3) is 6.98. The first-order valence-corrected chi connectivity index (χ1v) is 20.1. The zero-order valence-electron chi connectivity index (χ0n) is 30.8. The van der Waals surface area contributed by atoms with Gasteiger partial charge < -0.3 is 29.5 Å². The number of anilines is 1. The highest BCUT2D eigenvalue weighted by Gasteiger charge is 2.54. The second-order valence-electron chi connectivity index (χ2n) is 16.6. The van der Waals surface area contributed by atoms with E-state index in [1.54, 1.807) is 0 Å². The predicted octanol–water partition coefficient (Wildman–Crippen LogP) is 8.68. The number of nitrogens with one attached hydrogen (secondary N) is 1. The van der Waals surface area contributed by atoms with E-state index >= 15 is 0 Å². The average Bonchev–Trinajstić information content (AvgIpc) is 3.69. The molecule has 4 atom stereocenters. The molecule has 2 fully saturated rings. The van der Waals surface area contributed by atoms with Gasteiger partial charge >= 0.3 is 5.97 Å². The summed E-state index contributed by atoms with van der Waals surface area (Å²) in [5.74, 6) is 3.32. The molecule has 9 heteroatoms. The van der Waals surface area contributed by atoms with Crippen molar-refractivity contribution in [3.8, 4) is 17.2 Å². The summed E-state index contributed by atoms with van der Waals surface area (Å²) < 4.78 is 19.7. The van der Waals surface area contributed by atoms with Crippen molar-refractivity contribution in [2.75, 3.05) is 44.8 Å². The normalized spacial score (nSPS) is 28.9. The lowest BCUT2D eigenvalue weighted by atomic mass is 9.59. The lowest BCUT2D eigenvalue weighted by Gasteiger charge is -2.47. The van der Waals surface area contributed by atoms with Crippen LogP contribution in [0.2, 0.25) is 5.02 Å². The largest absolute Gasteiger partial charge is 0.493 e. The summed E-state index contributed by atoms with van der Waals surface area (Å²) in [6.45, 7) is 9.90. The number of aryl methyl sites for hydroxylation is 1. The lowest BCUT2D eigenvalue weighted by molar-refractivity contribution is -0.144. The van der Waals surface area contributed by atoms with Crippen LogP contribution in [-0.4, -0.2) is 66.0 Å². The highest BCUT2D eigenvalue weighted by Crippen LogP contribution is 2.58. The molecule has 8 rings (SSSR count). The summed E-state index contributed by atoms with van der Waals surface area (Å²) in [5.41, 5.74) is 4.64. The van der Waals surface area contributed by atoms with Gasteiger partial charge in [0.05, 0.1) is 19.8 Å². The number of aliphatic carboxylic acids is 1. The van der Waals surface area contributed by atoms with Crippen LogP contribution in [0.15, 0.2) is 48.7 Å². The number of halogens is 1. The Morgan fingerprint density at radius 3 is 2.60 bits per heavy atom. The molecule has 0 bridgehead atoms. The molecule has 2 aromatic carbocycles. The molecular weight excluding hydrogens is 674 g/mol. The van der Waals surface area contributed by atoms with Crippen molar-refractivity contribution in [2.45, 2.75) is 101 Å². The van der Waals surface area contributed by atoms with E-state index in [-0.39, 0.29) is 5.41 Å². The Hall–Kier alpha value is -3.49. The van der Waals surface area contributed by atoms with E-state index in [0.29, 0.717) is 61.4 Å². The Bertz CT molecular complexity index is 1770. The van der Waals surface area contributed by atoms with Gasteiger partial charge in [0.15, 0.2) is 11.5 Å². The number of hydrogen-bond acceptors (Lipinski definition) is 7. The summed E-state index contributed by atoms with van der Waals surface area (Å²) in [6.07, 6.45) is 12.3. The smallest absolute Gasteiger partial charge is 0.329 e. The zero-order chi connectivity index (χ0) is 35.9. The van der Waals surface area contributed by atoms with Crippen LogP contribution in [-0.2, 0) is 23.1 Å². The number of benzene rings is 2. The van der Waals surface area contributed by atoms with Gasteiger partial charge in [-0.05, 0) is 154 Å². The standard InChI is InChI=1S/C43H54ClN3O5/c1-28(25-50-37-11-16-45-36-10-5-7-29(2)40(36)37)19-32-20-31-21-38-39(52-27-30(26-51-38)24-47-17-3-4-18-47)23-35(31)42(32)12-14-43(15-13-42,41(48)49)46-34-9-6-8-33(44)22-34/h6,8-9,11,16,21-23,28-30,32,46H,3-5,7,10,12-15,17-20,24-27H2,1-2H3,(H,48,49)/t28-,29-,30?,32+,42?,43?/m1/s1. The van der Waals surface area contributed by atoms with Gasteiger partial charge in [0.2, 0.25) is 0 Å². The van der Waals surface area contributed by atoms with Crippen molar-refractivity contribution >= 4 is 23.3 Å². The first-order chi connectivity index (χ1) is 25.2. The molecule has 1 aromatic heterocycles. The van der Waals surface area contributed by atoms with E-state index in [4.69, 9.17) is 25.8 Å². The van der Waals surface area contributed by atoms with Crippen LogP contribution in [0.25, 0.3) is 0 Å². The summed E-state index contributed by atoms with van der Waals surface area (Å²) >= 11 is 6.31. The second kappa shape index (κ2) is 14.7. The summed E-state index contributed by atoms with van der Waals surface area (Å²) in [7, 11) is 0. The monoisotopic (exact) mass is 727 g/mol. The van der Waals surface area contributed by atoms with Crippen molar-refractivity contribution in [3.63, 3.8) is 0 Å². The minimum absolute atomic E-state index is 0.164. The van der Waals surface area contributed by atoms with E-state index in [0.717, 1.165) is 61.6 Å². The van der Waals surface area contributed by atoms with Crippen LogP contribution in [0.4, 0.5) is 5.69 Å². The predicted molar refractivity (Wildman–Crippen MR) is 204 cm³/mol. The van der Waals surface area contributed by atoms with Crippen LogP contribution < -0.4 is 19.5 Å². The Morgan fingerprint density at radius 2 is 1.85 bits per heavy atom. The number of fused-ring (bicyclic) bond motifs is 4. The third-order valence-electron chi connectivity index (χ3n) is 13.0. The number of rotatable bonds is 10. The van der Waals surface area contributed by atoms with Crippen LogP contribution in [0.1, 0.15) is 99.9 Å². The first-order valence-electron chi connectivity index (χ1n) is 19.7. The molecule has 3 heterocycles. The molecule has 2 N–H and O–H groups in total. The van der Waals surface area contributed by atoms with Crippen molar-refractivity contribution in [1.29, 1.82) is 0 Å². The molecule has 0 amide bonds. The number of hydrogen-bond donors (Lipinski definition) is 2. The van der Waals surface area contributed by atoms with E-state index in [2.05, 4.69) is 41.2 Å². The minimum Gasteiger partial charge on any atom is -0.493 e. The fraction of sp³-hybridized carbons (Fsp3) is 0.581. The summed E-state index contributed by atoms with van der Waals surface area (Å²) in [5, 5.41) is 14.7. The quantitative estimate of drug-likeness (QED) is 0.214. The average molecular weight is 728 g/mol. The fourth-order valence-electron chi connectivity index (χ4n) is 10.2. The van der Waals surface area contributed by atoms with Crippen LogP contribution in [0.5, 0.6) is 17.2 Å². The molecule has 3 aliphatic carbocycles. The maximum Gasteiger partial charge on any atom is 0.329 e. The van der Waals surface area contributed by atoms with Gasteiger partial charge in [-0.3, -0.25) is 4.98 Å². The number of carboxylic acid groups (broad SMARTS) is 1. The van der Waals surface area contributed by atoms with Crippen LogP contribution in [0.3, 0.4) is 0 Å². The molecule has 0 radical (unpaired) electrons. The topological polar surface area (TPSA) is 93.2 Å². The van der Waals surface area contributed by atoms with E-state index < -0.39 is 11.5 Å². The number of carboxylic acids is 1. The Labute approximate surface area is 313 Å². The van der Waals surface area contributed by atoms with E-state index in [1.807, 2.05) is 36.5 Å². The zero-order valence-corrected chi connectivity index (χ0v) is 31.6. The van der Waals surface area contributed by atoms with Gasteiger partial charge in [0, 0.05) is 40.6 Å². The Morgan fingerprint density at radius 1 is 1.08 bits per heavy atom. The number of aromatic nitrogens is 1. The van der Waals surface area contributed by atoms with Gasteiger partial charge in [-0.1, -0.05) is 31.5 Å². The van der Waals surface area contributed by atoms with Gasteiger partial charge in [0.1, 0.15) is 11.3 Å². The number of ether oxygens (including phenoxy) is 3. The molecule has 52 heavy (non-hydrogen) atoms. The molecule has 2 aliphatic heterocycles. The van der Waals surface area contributed by atoms with Gasteiger partial charge in [0.25, 0.3) is 0 Å². The summed E-state index contributed by atoms with van der Waals surface area (Å²) in [6, 6.07) is 14.0. The van der Waals surface area contributed by atoms with Crippen molar-refractivity contribution in [3.05, 3.63) is 76.1 Å². The van der Waals surface area contributed by atoms with Crippen molar-refractivity contribution < 1.29 is 24.1 Å². The van der Waals surface area contributed by atoms with Crippen LogP contribution >= 0.6 is 11.6 Å². The van der Waals surface area contributed by atoms with Gasteiger partial charge in [-0.15, -0.1) is 0 Å². The van der Waals surface area contributed by atoms with Crippen molar-refractivity contribution in [2.24, 2.45) is 17.8 Å². The van der Waals surface area contributed by atoms with Crippen LogP contribution in [0, 0.1) is 17.8 Å². The minimum atomic E-state index is -1.07. The molecule has 1 unspecified atom stereocenters. The lowest BCUT2D eigenvalue weighted by Crippen LogP contribution is -2.53. The van der Waals surface area contributed by atoms with Gasteiger partial charge in [-0.25, -0.2) is 4.79 Å². The second-order valence-corrected chi connectivity index (χ2v) is 17.1. The number of nitrogens with zero attached hydrogens (tertiary/aromatic N) is 2. The Balaban J connectivity index is 1.04. The fourth-order valence-corrected chi connectivity index (χ4v) is 10.4. The summed E-state index contributed by atoms with van der Waals surface area (Å²) in [4.78, 5) is 20.3. The molecule has 1 spiro atoms. The molecule has 3 aromatic rings. The molecule has 1 saturated carbocycles. The van der Waals surface area contributed by atoms with Crippen molar-refractivity contribution in [1.82, 2.24) is 9.88 Å². The van der Waals surface area contributed by atoms with Gasteiger partial charge in [-0.2, -0.15) is 0 Å².